The molecule has 17 heavy (non-hydrogen) atoms. The molecule has 0 unspecified atom stereocenters. The van der Waals surface area contributed by atoms with Crippen molar-refractivity contribution in [3.05, 3.63) is 22.9 Å². The molecule has 0 saturated heterocycles. The van der Waals surface area contributed by atoms with Crippen LogP contribution in [0.2, 0.25) is 0 Å². The number of ether oxygens (including phenoxy) is 2. The van der Waals surface area contributed by atoms with Crippen LogP contribution in [0, 0.1) is 0 Å². The number of fused-ring (bicyclic) bond motifs is 3. The second-order valence-corrected chi connectivity index (χ2v) is 3.88. The second kappa shape index (κ2) is 3.46. The van der Waals surface area contributed by atoms with Gasteiger partial charge < -0.3 is 20.2 Å². The summed E-state index contributed by atoms with van der Waals surface area (Å²) in [5.74, 6) is 0.0367. The first-order valence-corrected chi connectivity index (χ1v) is 5.16. The lowest BCUT2D eigenvalue weighted by atomic mass is 10.1. The Hall–Kier alpha value is -2.08. The number of aromatic amines is 1. The molecule has 2 aromatic rings. The number of nitrogen functional groups attached to an aromatic ring is 1. The molecular weight excluding hydrogens is 222 g/mol. The highest BCUT2D eigenvalue weighted by Crippen LogP contribution is 2.30. The van der Waals surface area contributed by atoms with E-state index >= 15 is 0 Å². The van der Waals surface area contributed by atoms with Gasteiger partial charge in [0.25, 0.3) is 0 Å². The highest BCUT2D eigenvalue weighted by Gasteiger charge is 2.21. The van der Waals surface area contributed by atoms with Crippen molar-refractivity contribution in [2.45, 2.75) is 13.2 Å². The molecule has 3 N–H and O–H groups in total. The van der Waals surface area contributed by atoms with Crippen LogP contribution in [-0.4, -0.2) is 23.0 Å². The summed E-state index contributed by atoms with van der Waals surface area (Å²) < 4.78 is 10.00. The van der Waals surface area contributed by atoms with Crippen molar-refractivity contribution >= 4 is 22.8 Å². The van der Waals surface area contributed by atoms with E-state index in [4.69, 9.17) is 10.5 Å². The number of carbonyl (C=O) groups excluding carboxylic acids is 1. The molecule has 0 spiro atoms. The van der Waals surface area contributed by atoms with E-state index in [1.807, 2.05) is 0 Å². The fraction of sp³-hybridized carbons (Fsp3) is 0.273. The van der Waals surface area contributed by atoms with Gasteiger partial charge in [0, 0.05) is 11.1 Å². The Labute approximate surface area is 96.7 Å². The molecule has 0 aliphatic carbocycles. The number of nitrogens with two attached hydrogens (primary N) is 1. The van der Waals surface area contributed by atoms with Gasteiger partial charge in [0.1, 0.15) is 11.5 Å². The summed E-state index contributed by atoms with van der Waals surface area (Å²) in [5, 5.41) is 0. The van der Waals surface area contributed by atoms with Gasteiger partial charge >= 0.3 is 5.97 Å². The molecule has 0 saturated carbocycles. The van der Waals surface area contributed by atoms with E-state index < -0.39 is 5.97 Å². The maximum Gasteiger partial charge on any atom is 0.354 e. The summed E-state index contributed by atoms with van der Waals surface area (Å²) in [6, 6.07) is 1.64. The van der Waals surface area contributed by atoms with Crippen molar-refractivity contribution in [2.75, 3.05) is 12.8 Å². The SMILES string of the molecule is COC(=O)c1cc2nc(N)c3c(c2[nH]1)COC3. The van der Waals surface area contributed by atoms with Gasteiger partial charge in [0.2, 0.25) is 0 Å². The zero-order chi connectivity index (χ0) is 12.0. The molecular formula is C11H11N3O3. The van der Waals surface area contributed by atoms with Gasteiger partial charge in [-0.25, -0.2) is 9.78 Å². The molecule has 1 aliphatic rings. The Bertz CT molecular complexity index is 618. The number of esters is 1. The molecule has 6 nitrogen and oxygen atoms in total. The quantitative estimate of drug-likeness (QED) is 0.716. The van der Waals surface area contributed by atoms with Crippen LogP contribution in [0.1, 0.15) is 21.6 Å². The topological polar surface area (TPSA) is 90.2 Å². The maximum absolute atomic E-state index is 11.4. The zero-order valence-electron chi connectivity index (χ0n) is 9.24. The molecule has 6 heteroatoms. The van der Waals surface area contributed by atoms with Crippen LogP contribution >= 0.6 is 0 Å². The number of rotatable bonds is 1. The van der Waals surface area contributed by atoms with Gasteiger partial charge in [0.05, 0.1) is 31.4 Å². The molecule has 0 atom stereocenters. The normalized spacial score (nSPS) is 13.9. The molecule has 0 aromatic carbocycles. The Morgan fingerprint density at radius 2 is 2.29 bits per heavy atom. The van der Waals surface area contributed by atoms with Gasteiger partial charge in [-0.15, -0.1) is 0 Å². The predicted molar refractivity (Wildman–Crippen MR) is 60.3 cm³/mol. The Morgan fingerprint density at radius 1 is 1.53 bits per heavy atom. The molecule has 2 aromatic heterocycles. The number of pyridine rings is 1. The first-order chi connectivity index (χ1) is 8.20. The van der Waals surface area contributed by atoms with E-state index in [1.54, 1.807) is 6.07 Å². The number of nitrogens with one attached hydrogen (secondary N) is 1. The minimum absolute atomic E-state index is 0.370. The molecule has 3 heterocycles. The van der Waals surface area contributed by atoms with E-state index in [0.717, 1.165) is 16.6 Å². The highest BCUT2D eigenvalue weighted by molar-refractivity contribution is 5.95. The Kier molecular flexibility index (Phi) is 2.05. The number of H-pyrrole nitrogens is 1. The van der Waals surface area contributed by atoms with Crippen molar-refractivity contribution < 1.29 is 14.3 Å². The number of hydrogen-bond donors (Lipinski definition) is 2. The number of aromatic nitrogens is 2. The molecule has 0 bridgehead atoms. The smallest absolute Gasteiger partial charge is 0.354 e. The van der Waals surface area contributed by atoms with Crippen LogP contribution < -0.4 is 5.73 Å². The van der Waals surface area contributed by atoms with Crippen molar-refractivity contribution in [2.24, 2.45) is 0 Å². The second-order valence-electron chi connectivity index (χ2n) is 3.88. The fourth-order valence-electron chi connectivity index (χ4n) is 2.06. The highest BCUT2D eigenvalue weighted by atomic mass is 16.5. The molecule has 88 valence electrons. The zero-order valence-corrected chi connectivity index (χ0v) is 9.24. The number of nitrogens with zero attached hydrogens (tertiary/aromatic N) is 1. The van der Waals surface area contributed by atoms with Crippen LogP contribution in [0.15, 0.2) is 6.07 Å². The van der Waals surface area contributed by atoms with Crippen molar-refractivity contribution in [3.8, 4) is 0 Å². The third-order valence-corrected chi connectivity index (χ3v) is 2.91. The van der Waals surface area contributed by atoms with Gasteiger partial charge in [0.15, 0.2) is 0 Å². The van der Waals surface area contributed by atoms with Gasteiger partial charge in [-0.2, -0.15) is 0 Å². The van der Waals surface area contributed by atoms with E-state index in [-0.39, 0.29) is 0 Å². The summed E-state index contributed by atoms with van der Waals surface area (Å²) in [4.78, 5) is 18.7. The monoisotopic (exact) mass is 233 g/mol. The minimum atomic E-state index is -0.422. The standard InChI is InChI=1S/C11H11N3O3/c1-16-11(15)8-2-7-9(13-8)5-3-17-4-6(5)10(12)14-7/h2,13H,3-4H2,1H3,(H2,12,14). The number of methoxy groups -OCH3 is 1. The largest absolute Gasteiger partial charge is 0.464 e. The predicted octanol–water partition coefficient (Wildman–Crippen LogP) is 0.962. The Morgan fingerprint density at radius 3 is 3.06 bits per heavy atom. The lowest BCUT2D eigenvalue weighted by Gasteiger charge is -2.01. The lowest BCUT2D eigenvalue weighted by molar-refractivity contribution is 0.0595. The van der Waals surface area contributed by atoms with Crippen LogP contribution in [-0.2, 0) is 22.7 Å². The van der Waals surface area contributed by atoms with E-state index in [0.29, 0.717) is 30.2 Å². The van der Waals surface area contributed by atoms with Crippen molar-refractivity contribution in [1.82, 2.24) is 9.97 Å². The number of hydrogen-bond acceptors (Lipinski definition) is 5. The first-order valence-electron chi connectivity index (χ1n) is 5.16. The van der Waals surface area contributed by atoms with Crippen LogP contribution in [0.25, 0.3) is 11.0 Å². The summed E-state index contributed by atoms with van der Waals surface area (Å²) in [7, 11) is 1.34. The fourth-order valence-corrected chi connectivity index (χ4v) is 2.06. The minimum Gasteiger partial charge on any atom is -0.464 e. The third kappa shape index (κ3) is 1.38. The third-order valence-electron chi connectivity index (χ3n) is 2.91. The summed E-state index contributed by atoms with van der Waals surface area (Å²) >= 11 is 0. The van der Waals surface area contributed by atoms with Crippen molar-refractivity contribution in [1.29, 1.82) is 0 Å². The molecule has 0 amide bonds. The lowest BCUT2D eigenvalue weighted by Crippen LogP contribution is -2.00. The molecule has 1 aliphatic heterocycles. The average molecular weight is 233 g/mol. The van der Waals surface area contributed by atoms with Gasteiger partial charge in [-0.3, -0.25) is 0 Å². The van der Waals surface area contributed by atoms with Crippen LogP contribution in [0.4, 0.5) is 5.82 Å². The van der Waals surface area contributed by atoms with Crippen LogP contribution in [0.5, 0.6) is 0 Å². The van der Waals surface area contributed by atoms with Gasteiger partial charge in [-0.1, -0.05) is 0 Å². The molecule has 3 rings (SSSR count). The van der Waals surface area contributed by atoms with E-state index in [9.17, 15) is 4.79 Å². The maximum atomic E-state index is 11.4. The Balaban J connectivity index is 2.26. The summed E-state index contributed by atoms with van der Waals surface area (Å²) in [6.45, 7) is 0.955. The van der Waals surface area contributed by atoms with E-state index in [1.165, 1.54) is 7.11 Å². The van der Waals surface area contributed by atoms with Crippen LogP contribution in [0.3, 0.4) is 0 Å². The van der Waals surface area contributed by atoms with Crippen molar-refractivity contribution in [3.63, 3.8) is 0 Å². The number of anilines is 1. The van der Waals surface area contributed by atoms with Gasteiger partial charge in [-0.05, 0) is 6.07 Å². The molecule has 0 radical (unpaired) electrons. The first kappa shape index (κ1) is 10.1. The van der Waals surface area contributed by atoms with E-state index in [2.05, 4.69) is 14.7 Å². The summed E-state index contributed by atoms with van der Waals surface area (Å²) in [6.07, 6.45) is 0. The molecule has 0 fully saturated rings. The average Bonchev–Trinajstić information content (AvgIpc) is 2.92. The number of carbonyl (C=O) groups is 1. The summed E-state index contributed by atoms with van der Waals surface area (Å²) in [5.41, 5.74) is 9.54.